The van der Waals surface area contributed by atoms with Crippen molar-refractivity contribution in [1.82, 2.24) is 19.9 Å². The Morgan fingerprint density at radius 3 is 2.68 bits per heavy atom. The van der Waals surface area contributed by atoms with E-state index in [9.17, 15) is 4.79 Å². The lowest BCUT2D eigenvalue weighted by Crippen LogP contribution is -2.24. The van der Waals surface area contributed by atoms with Crippen LogP contribution in [0.3, 0.4) is 0 Å². The van der Waals surface area contributed by atoms with Crippen molar-refractivity contribution in [3.05, 3.63) is 109 Å². The van der Waals surface area contributed by atoms with E-state index in [1.807, 2.05) is 36.5 Å². The van der Waals surface area contributed by atoms with Gasteiger partial charge in [-0.15, -0.1) is 6.58 Å². The van der Waals surface area contributed by atoms with E-state index in [2.05, 4.69) is 75.1 Å². The summed E-state index contributed by atoms with van der Waals surface area (Å²) in [6.07, 6.45) is 8.75. The number of hydrogen-bond acceptors (Lipinski definition) is 3. The van der Waals surface area contributed by atoms with Crippen LogP contribution >= 0.6 is 0 Å². The van der Waals surface area contributed by atoms with Crippen LogP contribution < -0.4 is 5.32 Å². The standard InChI is InChI=1S/C29H26N4O/c1-2-3-15-33-20-24(18-29(34)32-19-25-8-4-5-13-30-25)26-17-22(10-12-28(26)33)21-9-11-27-23(16-21)7-6-14-31-27/h2,4-14,16-17,20H,1,3,15,18-19H2,(H,32,34). The number of aromatic nitrogens is 3. The zero-order valence-corrected chi connectivity index (χ0v) is 18.9. The molecule has 2 aromatic carbocycles. The minimum Gasteiger partial charge on any atom is -0.350 e. The first-order valence-electron chi connectivity index (χ1n) is 11.5. The molecule has 1 N–H and O–H groups in total. The van der Waals surface area contributed by atoms with Gasteiger partial charge in [0.15, 0.2) is 0 Å². The van der Waals surface area contributed by atoms with Crippen molar-refractivity contribution < 1.29 is 4.79 Å². The Bertz CT molecular complexity index is 1470. The molecule has 5 heteroatoms. The third kappa shape index (κ3) is 4.59. The van der Waals surface area contributed by atoms with Gasteiger partial charge in [0.2, 0.25) is 5.91 Å². The first kappa shape index (κ1) is 21.6. The Morgan fingerprint density at radius 2 is 1.82 bits per heavy atom. The van der Waals surface area contributed by atoms with Crippen molar-refractivity contribution in [3.8, 4) is 11.1 Å². The highest BCUT2D eigenvalue weighted by Crippen LogP contribution is 2.30. The van der Waals surface area contributed by atoms with Gasteiger partial charge in [-0.3, -0.25) is 14.8 Å². The van der Waals surface area contributed by atoms with Crippen LogP contribution in [0.25, 0.3) is 32.9 Å². The van der Waals surface area contributed by atoms with Gasteiger partial charge in [-0.05, 0) is 65.6 Å². The van der Waals surface area contributed by atoms with E-state index in [1.54, 1.807) is 6.20 Å². The van der Waals surface area contributed by atoms with Crippen molar-refractivity contribution in [3.63, 3.8) is 0 Å². The maximum atomic E-state index is 12.8. The fourth-order valence-electron chi connectivity index (χ4n) is 4.29. The highest BCUT2D eigenvalue weighted by atomic mass is 16.1. The first-order chi connectivity index (χ1) is 16.7. The fourth-order valence-corrected chi connectivity index (χ4v) is 4.29. The van der Waals surface area contributed by atoms with Crippen LogP contribution in [-0.2, 0) is 24.3 Å². The van der Waals surface area contributed by atoms with Crippen molar-refractivity contribution >= 4 is 27.7 Å². The van der Waals surface area contributed by atoms with Gasteiger partial charge in [0.05, 0.1) is 24.2 Å². The summed E-state index contributed by atoms with van der Waals surface area (Å²) in [5.74, 6) is -0.0180. The van der Waals surface area contributed by atoms with Crippen molar-refractivity contribution in [2.24, 2.45) is 0 Å². The van der Waals surface area contributed by atoms with Crippen LogP contribution in [0.5, 0.6) is 0 Å². The van der Waals surface area contributed by atoms with E-state index in [-0.39, 0.29) is 5.91 Å². The Hall–Kier alpha value is -4.25. The number of nitrogens with one attached hydrogen (secondary N) is 1. The number of benzene rings is 2. The zero-order chi connectivity index (χ0) is 23.3. The Labute approximate surface area is 198 Å². The minimum atomic E-state index is -0.0180. The van der Waals surface area contributed by atoms with Crippen LogP contribution in [0.15, 0.2) is 98.0 Å². The molecule has 168 valence electrons. The van der Waals surface area contributed by atoms with Gasteiger partial charge in [0.1, 0.15) is 0 Å². The molecule has 0 unspecified atom stereocenters. The average Bonchev–Trinajstić information content (AvgIpc) is 3.22. The first-order valence-corrected chi connectivity index (χ1v) is 11.5. The van der Waals surface area contributed by atoms with Gasteiger partial charge in [-0.2, -0.15) is 0 Å². The summed E-state index contributed by atoms with van der Waals surface area (Å²) in [7, 11) is 0. The van der Waals surface area contributed by atoms with Crippen LogP contribution in [0, 0.1) is 0 Å². The largest absolute Gasteiger partial charge is 0.350 e. The molecule has 5 nitrogen and oxygen atoms in total. The van der Waals surface area contributed by atoms with Gasteiger partial charge in [-0.25, -0.2) is 0 Å². The molecule has 5 aromatic rings. The van der Waals surface area contributed by atoms with E-state index >= 15 is 0 Å². The summed E-state index contributed by atoms with van der Waals surface area (Å²) in [4.78, 5) is 21.5. The molecule has 0 atom stereocenters. The predicted molar refractivity (Wildman–Crippen MR) is 137 cm³/mol. The smallest absolute Gasteiger partial charge is 0.224 e. The third-order valence-electron chi connectivity index (χ3n) is 6.02. The SMILES string of the molecule is C=CCCn1cc(CC(=O)NCc2ccccn2)c2cc(-c3ccc4ncccc4c3)ccc21. The number of amides is 1. The Kier molecular flexibility index (Phi) is 6.17. The quantitative estimate of drug-likeness (QED) is 0.312. The molecule has 0 saturated heterocycles. The lowest BCUT2D eigenvalue weighted by atomic mass is 10.00. The van der Waals surface area contributed by atoms with Crippen molar-refractivity contribution in [2.45, 2.75) is 25.9 Å². The summed E-state index contributed by atoms with van der Waals surface area (Å²) in [6, 6.07) is 22.5. The molecular formula is C29H26N4O. The minimum absolute atomic E-state index is 0.0180. The summed E-state index contributed by atoms with van der Waals surface area (Å²) in [5.41, 5.74) is 6.22. The molecular weight excluding hydrogens is 420 g/mol. The van der Waals surface area contributed by atoms with E-state index in [1.165, 1.54) is 0 Å². The lowest BCUT2D eigenvalue weighted by molar-refractivity contribution is -0.120. The topological polar surface area (TPSA) is 59.8 Å². The number of allylic oxidation sites excluding steroid dienone is 1. The molecule has 1 amide bonds. The van der Waals surface area contributed by atoms with Crippen LogP contribution in [0.4, 0.5) is 0 Å². The molecule has 3 aromatic heterocycles. The molecule has 0 aliphatic rings. The molecule has 0 fully saturated rings. The number of rotatable bonds is 8. The molecule has 0 aliphatic heterocycles. The van der Waals surface area contributed by atoms with Crippen molar-refractivity contribution in [1.29, 1.82) is 0 Å². The van der Waals surface area contributed by atoms with E-state index < -0.39 is 0 Å². The van der Waals surface area contributed by atoms with E-state index in [0.717, 1.165) is 57.2 Å². The van der Waals surface area contributed by atoms with Crippen LogP contribution in [0.2, 0.25) is 0 Å². The Morgan fingerprint density at radius 1 is 0.971 bits per heavy atom. The summed E-state index contributed by atoms with van der Waals surface area (Å²) in [5, 5.41) is 5.20. The molecule has 0 spiro atoms. The number of carbonyl (C=O) groups excluding carboxylic acids is 1. The van der Waals surface area contributed by atoms with Gasteiger partial charge < -0.3 is 9.88 Å². The highest BCUT2D eigenvalue weighted by Gasteiger charge is 2.14. The number of nitrogens with zero attached hydrogens (tertiary/aromatic N) is 3. The second-order valence-electron chi connectivity index (χ2n) is 8.34. The maximum absolute atomic E-state index is 12.8. The second kappa shape index (κ2) is 9.71. The van der Waals surface area contributed by atoms with Gasteiger partial charge in [0.25, 0.3) is 0 Å². The monoisotopic (exact) mass is 446 g/mol. The number of pyridine rings is 2. The van der Waals surface area contributed by atoms with Crippen LogP contribution in [-0.4, -0.2) is 20.4 Å². The van der Waals surface area contributed by atoms with Crippen molar-refractivity contribution in [2.75, 3.05) is 0 Å². The number of aryl methyl sites for hydroxylation is 1. The molecule has 3 heterocycles. The highest BCUT2D eigenvalue weighted by molar-refractivity contribution is 5.93. The van der Waals surface area contributed by atoms with Gasteiger partial charge >= 0.3 is 0 Å². The predicted octanol–water partition coefficient (Wildman–Crippen LogP) is 5.69. The number of carbonyl (C=O) groups is 1. The zero-order valence-electron chi connectivity index (χ0n) is 18.9. The molecule has 34 heavy (non-hydrogen) atoms. The normalized spacial score (nSPS) is 11.1. The summed E-state index contributed by atoms with van der Waals surface area (Å²) >= 11 is 0. The van der Waals surface area contributed by atoms with Crippen LogP contribution in [0.1, 0.15) is 17.7 Å². The molecule has 5 rings (SSSR count). The Balaban J connectivity index is 1.46. The lowest BCUT2D eigenvalue weighted by Gasteiger charge is -2.07. The number of fused-ring (bicyclic) bond motifs is 2. The van der Waals surface area contributed by atoms with Gasteiger partial charge in [0, 0.05) is 41.4 Å². The maximum Gasteiger partial charge on any atom is 0.224 e. The third-order valence-corrected chi connectivity index (χ3v) is 6.02. The molecule has 0 saturated carbocycles. The fraction of sp³-hybridized carbons (Fsp3) is 0.138. The summed E-state index contributed by atoms with van der Waals surface area (Å²) < 4.78 is 2.21. The molecule has 0 radical (unpaired) electrons. The second-order valence-corrected chi connectivity index (χ2v) is 8.34. The molecule has 0 aliphatic carbocycles. The van der Waals surface area contributed by atoms with E-state index in [0.29, 0.717) is 13.0 Å². The summed E-state index contributed by atoms with van der Waals surface area (Å²) in [6.45, 7) is 5.11. The van der Waals surface area contributed by atoms with E-state index in [4.69, 9.17) is 0 Å². The molecule has 0 bridgehead atoms. The van der Waals surface area contributed by atoms with Gasteiger partial charge in [-0.1, -0.05) is 30.3 Å². The number of hydrogen-bond donors (Lipinski definition) is 1. The average molecular weight is 447 g/mol.